The molecule has 0 amide bonds. The van der Waals surface area contributed by atoms with Crippen molar-refractivity contribution in [3.8, 4) is 0 Å². The normalized spacial score (nSPS) is 12.6. The van der Waals surface area contributed by atoms with Crippen molar-refractivity contribution in [2.45, 2.75) is 19.4 Å². The van der Waals surface area contributed by atoms with E-state index in [2.05, 4.69) is 4.98 Å². The summed E-state index contributed by atoms with van der Waals surface area (Å²) in [6, 6.07) is 4.61. The van der Waals surface area contributed by atoms with Crippen LogP contribution in [0.15, 0.2) is 27.4 Å². The average molecular weight is 250 g/mol. The number of aromatic nitrogens is 1. The zero-order chi connectivity index (χ0) is 13.1. The Kier molecular flexibility index (Phi) is 3.47. The van der Waals surface area contributed by atoms with Crippen LogP contribution >= 0.6 is 0 Å². The summed E-state index contributed by atoms with van der Waals surface area (Å²) in [5.74, 6) is -0.860. The molecule has 2 aromatic rings. The second kappa shape index (κ2) is 5.05. The number of aromatic amines is 1. The summed E-state index contributed by atoms with van der Waals surface area (Å²) in [5, 5.41) is 0. The highest BCUT2D eigenvalue weighted by molar-refractivity contribution is 5.74. The molecule has 3 N–H and O–H groups in total. The molecule has 0 bridgehead atoms. The number of nitrogens with two attached hydrogens (primary N) is 1. The molecule has 96 valence electrons. The van der Waals surface area contributed by atoms with Crippen molar-refractivity contribution in [2.75, 3.05) is 6.61 Å². The number of fused-ring (bicyclic) bond motifs is 1. The van der Waals surface area contributed by atoms with E-state index in [1.807, 2.05) is 0 Å². The summed E-state index contributed by atoms with van der Waals surface area (Å²) in [6.45, 7) is 2.07. The Hall–Kier alpha value is -2.08. The number of hydrogen-bond donors (Lipinski definition) is 2. The Bertz CT molecular complexity index is 614. The van der Waals surface area contributed by atoms with E-state index in [0.717, 1.165) is 5.56 Å². The van der Waals surface area contributed by atoms with Crippen LogP contribution in [0.2, 0.25) is 0 Å². The summed E-state index contributed by atoms with van der Waals surface area (Å²) in [6.07, 6.45) is 0.0913. The van der Waals surface area contributed by atoms with E-state index in [9.17, 15) is 9.59 Å². The van der Waals surface area contributed by atoms with Gasteiger partial charge in [-0.2, -0.15) is 0 Å². The molecule has 1 atom stereocenters. The lowest BCUT2D eigenvalue weighted by Gasteiger charge is -2.10. The van der Waals surface area contributed by atoms with Crippen LogP contribution in [0, 0.1) is 0 Å². The number of ether oxygens (including phenoxy) is 1. The number of oxazole rings is 1. The first-order valence-corrected chi connectivity index (χ1v) is 5.64. The van der Waals surface area contributed by atoms with Crippen molar-refractivity contribution >= 4 is 17.1 Å². The second-order valence-electron chi connectivity index (χ2n) is 3.89. The minimum absolute atomic E-state index is 0.0913. The number of nitrogens with one attached hydrogen (secondary N) is 1. The van der Waals surface area contributed by atoms with Crippen molar-refractivity contribution in [2.24, 2.45) is 5.73 Å². The Morgan fingerprint density at radius 2 is 2.33 bits per heavy atom. The lowest BCUT2D eigenvalue weighted by molar-refractivity contribution is -0.143. The molecule has 0 fully saturated rings. The molecular weight excluding hydrogens is 236 g/mol. The molecule has 1 aromatic carbocycles. The molecular formula is C12H14N2O4. The largest absolute Gasteiger partial charge is 0.466 e. The monoisotopic (exact) mass is 250 g/mol. The lowest BCUT2D eigenvalue weighted by Crippen LogP contribution is -2.17. The maximum atomic E-state index is 11.3. The minimum Gasteiger partial charge on any atom is -0.466 e. The molecule has 6 nitrogen and oxygen atoms in total. The first-order chi connectivity index (χ1) is 8.60. The molecule has 6 heteroatoms. The third-order valence-corrected chi connectivity index (χ3v) is 2.57. The van der Waals surface area contributed by atoms with E-state index >= 15 is 0 Å². The quantitative estimate of drug-likeness (QED) is 0.791. The van der Waals surface area contributed by atoms with Gasteiger partial charge in [-0.15, -0.1) is 0 Å². The molecule has 1 aromatic heterocycles. The van der Waals surface area contributed by atoms with E-state index in [-0.39, 0.29) is 12.4 Å². The van der Waals surface area contributed by atoms with Gasteiger partial charge in [0.25, 0.3) is 0 Å². The maximum absolute atomic E-state index is 11.3. The topological polar surface area (TPSA) is 98.3 Å². The molecule has 0 saturated carbocycles. The summed E-state index contributed by atoms with van der Waals surface area (Å²) in [4.78, 5) is 24.8. The Labute approximate surface area is 103 Å². The average Bonchev–Trinajstić information content (AvgIpc) is 2.68. The molecule has 2 rings (SSSR count). The van der Waals surface area contributed by atoms with E-state index in [4.69, 9.17) is 14.9 Å². The Balaban J connectivity index is 2.19. The summed E-state index contributed by atoms with van der Waals surface area (Å²) in [7, 11) is 0. The lowest BCUT2D eigenvalue weighted by atomic mass is 10.0. The van der Waals surface area contributed by atoms with Gasteiger partial charge in [0.15, 0.2) is 5.58 Å². The fourth-order valence-electron chi connectivity index (χ4n) is 1.71. The number of carbonyl (C=O) groups is 1. The zero-order valence-corrected chi connectivity index (χ0v) is 9.93. The van der Waals surface area contributed by atoms with Crippen molar-refractivity contribution in [1.82, 2.24) is 4.98 Å². The van der Waals surface area contributed by atoms with E-state index in [1.165, 1.54) is 0 Å². The van der Waals surface area contributed by atoms with E-state index in [0.29, 0.717) is 17.7 Å². The molecule has 18 heavy (non-hydrogen) atoms. The number of H-pyrrole nitrogens is 1. The summed E-state index contributed by atoms with van der Waals surface area (Å²) < 4.78 is 9.76. The highest BCUT2D eigenvalue weighted by atomic mass is 16.5. The highest BCUT2D eigenvalue weighted by Crippen LogP contribution is 2.19. The van der Waals surface area contributed by atoms with Crippen LogP contribution in [-0.4, -0.2) is 17.6 Å². The minimum atomic E-state index is -0.513. The van der Waals surface area contributed by atoms with E-state index < -0.39 is 11.8 Å². The van der Waals surface area contributed by atoms with Crippen molar-refractivity contribution in [1.29, 1.82) is 0 Å². The molecule has 0 radical (unpaired) electrons. The second-order valence-corrected chi connectivity index (χ2v) is 3.89. The fraction of sp³-hybridized carbons (Fsp3) is 0.333. The first-order valence-electron chi connectivity index (χ1n) is 5.64. The molecule has 1 heterocycles. The third kappa shape index (κ3) is 2.60. The molecule has 0 aliphatic rings. The van der Waals surface area contributed by atoms with Crippen molar-refractivity contribution in [3.05, 3.63) is 34.3 Å². The van der Waals surface area contributed by atoms with Gasteiger partial charge in [0.05, 0.1) is 18.5 Å². The number of carbonyl (C=O) groups excluding carboxylic acids is 1. The molecule has 0 aliphatic carbocycles. The Morgan fingerprint density at radius 1 is 1.56 bits per heavy atom. The van der Waals surface area contributed by atoms with Crippen LogP contribution in [0.5, 0.6) is 0 Å². The Morgan fingerprint density at radius 3 is 3.06 bits per heavy atom. The van der Waals surface area contributed by atoms with E-state index in [1.54, 1.807) is 25.1 Å². The number of esters is 1. The molecule has 0 spiro atoms. The fourth-order valence-corrected chi connectivity index (χ4v) is 1.71. The smallest absolute Gasteiger partial charge is 0.417 e. The number of hydrogen-bond acceptors (Lipinski definition) is 5. The maximum Gasteiger partial charge on any atom is 0.417 e. The van der Waals surface area contributed by atoms with Crippen molar-refractivity contribution in [3.63, 3.8) is 0 Å². The SMILES string of the molecule is CCOC(=O)C[C@H](N)c1ccc2[nH]c(=O)oc2c1. The van der Waals surface area contributed by atoms with Gasteiger partial charge in [0.1, 0.15) is 0 Å². The predicted octanol–water partition coefficient (Wildman–Crippen LogP) is 1.07. The third-order valence-electron chi connectivity index (χ3n) is 2.57. The van der Waals surface area contributed by atoms with Gasteiger partial charge >= 0.3 is 11.7 Å². The highest BCUT2D eigenvalue weighted by Gasteiger charge is 2.13. The van der Waals surface area contributed by atoms with Gasteiger partial charge in [0, 0.05) is 6.04 Å². The number of benzene rings is 1. The zero-order valence-electron chi connectivity index (χ0n) is 9.93. The van der Waals surface area contributed by atoms with Crippen LogP contribution in [0.1, 0.15) is 24.9 Å². The van der Waals surface area contributed by atoms with Gasteiger partial charge in [-0.1, -0.05) is 6.07 Å². The first kappa shape index (κ1) is 12.4. The van der Waals surface area contributed by atoms with Crippen LogP contribution < -0.4 is 11.5 Å². The van der Waals surface area contributed by atoms with Crippen LogP contribution in [0.3, 0.4) is 0 Å². The summed E-state index contributed by atoms with van der Waals surface area (Å²) in [5.41, 5.74) is 7.65. The van der Waals surface area contributed by atoms with Gasteiger partial charge in [-0.25, -0.2) is 4.79 Å². The van der Waals surface area contributed by atoms with Crippen LogP contribution in [0.25, 0.3) is 11.1 Å². The van der Waals surface area contributed by atoms with Crippen molar-refractivity contribution < 1.29 is 13.9 Å². The predicted molar refractivity (Wildman–Crippen MR) is 65.0 cm³/mol. The van der Waals surface area contributed by atoms with Gasteiger partial charge in [-0.3, -0.25) is 9.78 Å². The standard InChI is InChI=1S/C12H14N2O4/c1-2-17-11(15)6-8(13)7-3-4-9-10(5-7)18-12(16)14-9/h3-5,8H,2,6,13H2,1H3,(H,14,16)/t8-/m0/s1. The molecule has 0 saturated heterocycles. The summed E-state index contributed by atoms with van der Waals surface area (Å²) >= 11 is 0. The van der Waals surface area contributed by atoms with Crippen LogP contribution in [-0.2, 0) is 9.53 Å². The molecule has 0 unspecified atom stereocenters. The van der Waals surface area contributed by atoms with Gasteiger partial charge < -0.3 is 14.9 Å². The van der Waals surface area contributed by atoms with Crippen LogP contribution in [0.4, 0.5) is 0 Å². The van der Waals surface area contributed by atoms with Gasteiger partial charge in [0.2, 0.25) is 0 Å². The molecule has 0 aliphatic heterocycles. The number of rotatable bonds is 4. The van der Waals surface area contributed by atoms with Gasteiger partial charge in [-0.05, 0) is 24.6 Å².